The van der Waals surface area contributed by atoms with Crippen LogP contribution in [0.1, 0.15) is 20.3 Å². The molecular weight excluding hydrogens is 256 g/mol. The van der Waals surface area contributed by atoms with Gasteiger partial charge in [-0.2, -0.15) is 0 Å². The molecule has 1 unspecified atom stereocenters. The Morgan fingerprint density at radius 3 is 2.45 bits per heavy atom. The van der Waals surface area contributed by atoms with Gasteiger partial charge in [0.1, 0.15) is 0 Å². The van der Waals surface area contributed by atoms with E-state index >= 15 is 0 Å². The lowest BCUT2D eigenvalue weighted by atomic mass is 9.76. The molecule has 1 aromatic carbocycles. The number of urea groups is 1. The van der Waals surface area contributed by atoms with Gasteiger partial charge in [0.25, 0.3) is 0 Å². The van der Waals surface area contributed by atoms with Crippen molar-refractivity contribution in [1.82, 2.24) is 4.90 Å². The summed E-state index contributed by atoms with van der Waals surface area (Å²) in [6, 6.07) is 8.94. The number of benzene rings is 1. The summed E-state index contributed by atoms with van der Waals surface area (Å²) in [4.78, 5) is 25.3. The fraction of sp³-hybridized carbons (Fsp3) is 0.467. The first-order valence-corrected chi connectivity index (χ1v) is 6.80. The second-order valence-electron chi connectivity index (χ2n) is 5.58. The molecule has 1 aromatic rings. The number of rotatable bonds is 3. The van der Waals surface area contributed by atoms with Crippen LogP contribution in [0, 0.1) is 11.3 Å². The maximum Gasteiger partial charge on any atom is 0.321 e. The minimum atomic E-state index is -0.825. The number of carbonyl (C=O) groups is 2. The van der Waals surface area contributed by atoms with Gasteiger partial charge in [-0.15, -0.1) is 0 Å². The highest BCUT2D eigenvalue weighted by molar-refractivity contribution is 5.90. The van der Waals surface area contributed by atoms with Crippen molar-refractivity contribution in [3.05, 3.63) is 30.3 Å². The SMILES string of the molecule is CC(C)C1(C(=O)O)CCN(C(=O)Nc2ccccc2)C1. The summed E-state index contributed by atoms with van der Waals surface area (Å²) < 4.78 is 0. The number of nitrogens with one attached hydrogen (secondary N) is 1. The molecule has 2 rings (SSSR count). The molecule has 5 nitrogen and oxygen atoms in total. The van der Waals surface area contributed by atoms with Gasteiger partial charge >= 0.3 is 12.0 Å². The predicted octanol–water partition coefficient (Wildman–Crippen LogP) is 2.65. The highest BCUT2D eigenvalue weighted by Crippen LogP contribution is 2.38. The summed E-state index contributed by atoms with van der Waals surface area (Å²) in [6.45, 7) is 4.53. The van der Waals surface area contributed by atoms with Crippen molar-refractivity contribution in [2.75, 3.05) is 18.4 Å². The van der Waals surface area contributed by atoms with Crippen molar-refractivity contribution in [2.45, 2.75) is 20.3 Å². The van der Waals surface area contributed by atoms with Crippen molar-refractivity contribution in [1.29, 1.82) is 0 Å². The highest BCUT2D eigenvalue weighted by Gasteiger charge is 2.48. The van der Waals surface area contributed by atoms with E-state index in [0.29, 0.717) is 13.0 Å². The third-order valence-corrected chi connectivity index (χ3v) is 4.14. The first-order chi connectivity index (χ1) is 9.45. The Balaban J connectivity index is 2.05. The normalized spacial score (nSPS) is 22.1. The van der Waals surface area contributed by atoms with E-state index in [9.17, 15) is 14.7 Å². The molecule has 0 spiro atoms. The van der Waals surface area contributed by atoms with E-state index in [-0.39, 0.29) is 18.5 Å². The molecule has 0 aliphatic carbocycles. The van der Waals surface area contributed by atoms with E-state index in [1.807, 2.05) is 32.0 Å². The average Bonchev–Trinajstić information content (AvgIpc) is 2.86. The van der Waals surface area contributed by atoms with Gasteiger partial charge < -0.3 is 15.3 Å². The van der Waals surface area contributed by atoms with Crippen LogP contribution in [0.4, 0.5) is 10.5 Å². The molecule has 0 aromatic heterocycles. The molecule has 0 bridgehead atoms. The molecule has 20 heavy (non-hydrogen) atoms. The number of hydrogen-bond donors (Lipinski definition) is 2. The molecule has 0 radical (unpaired) electrons. The van der Waals surface area contributed by atoms with Gasteiger partial charge in [0.05, 0.1) is 5.41 Å². The molecule has 1 atom stereocenters. The van der Waals surface area contributed by atoms with Crippen molar-refractivity contribution in [3.63, 3.8) is 0 Å². The molecule has 1 saturated heterocycles. The van der Waals surface area contributed by atoms with Gasteiger partial charge in [-0.05, 0) is 24.5 Å². The van der Waals surface area contributed by atoms with Crippen LogP contribution in [0.2, 0.25) is 0 Å². The topological polar surface area (TPSA) is 69.6 Å². The lowest BCUT2D eigenvalue weighted by Gasteiger charge is -2.28. The maximum absolute atomic E-state index is 12.2. The lowest BCUT2D eigenvalue weighted by Crippen LogP contribution is -2.41. The largest absolute Gasteiger partial charge is 0.481 e. The lowest BCUT2D eigenvalue weighted by molar-refractivity contribution is -0.150. The average molecular weight is 276 g/mol. The van der Waals surface area contributed by atoms with E-state index in [0.717, 1.165) is 5.69 Å². The smallest absolute Gasteiger partial charge is 0.321 e. The van der Waals surface area contributed by atoms with Gasteiger partial charge in [-0.3, -0.25) is 4.79 Å². The zero-order valence-electron chi connectivity index (χ0n) is 11.8. The summed E-state index contributed by atoms with van der Waals surface area (Å²) in [7, 11) is 0. The number of amides is 2. The minimum absolute atomic E-state index is 0.00507. The van der Waals surface area contributed by atoms with Crippen molar-refractivity contribution >= 4 is 17.7 Å². The van der Waals surface area contributed by atoms with Gasteiger partial charge in [0.15, 0.2) is 0 Å². The Kier molecular flexibility index (Phi) is 3.97. The third-order valence-electron chi connectivity index (χ3n) is 4.14. The van der Waals surface area contributed by atoms with Crippen LogP contribution >= 0.6 is 0 Å². The van der Waals surface area contributed by atoms with Crippen LogP contribution in [0.25, 0.3) is 0 Å². The molecule has 1 fully saturated rings. The zero-order valence-corrected chi connectivity index (χ0v) is 11.8. The summed E-state index contributed by atoms with van der Waals surface area (Å²) in [6.07, 6.45) is 0.502. The first-order valence-electron chi connectivity index (χ1n) is 6.80. The number of carboxylic acid groups (broad SMARTS) is 1. The zero-order chi connectivity index (χ0) is 14.8. The summed E-state index contributed by atoms with van der Waals surface area (Å²) >= 11 is 0. The molecule has 0 saturated carbocycles. The molecule has 108 valence electrons. The van der Waals surface area contributed by atoms with E-state index < -0.39 is 11.4 Å². The Bertz CT molecular complexity index is 501. The van der Waals surface area contributed by atoms with Gasteiger partial charge in [-0.25, -0.2) is 4.79 Å². The second kappa shape index (κ2) is 5.53. The van der Waals surface area contributed by atoms with Crippen LogP contribution in [0.15, 0.2) is 30.3 Å². The van der Waals surface area contributed by atoms with Crippen LogP contribution in [0.5, 0.6) is 0 Å². The number of para-hydroxylation sites is 1. The van der Waals surface area contributed by atoms with E-state index in [4.69, 9.17) is 0 Å². The van der Waals surface area contributed by atoms with Crippen LogP contribution in [-0.4, -0.2) is 35.1 Å². The second-order valence-corrected chi connectivity index (χ2v) is 5.58. The Labute approximate surface area is 118 Å². The van der Waals surface area contributed by atoms with Crippen LogP contribution < -0.4 is 5.32 Å². The van der Waals surface area contributed by atoms with Crippen LogP contribution in [-0.2, 0) is 4.79 Å². The minimum Gasteiger partial charge on any atom is -0.481 e. The quantitative estimate of drug-likeness (QED) is 0.891. The van der Waals surface area contributed by atoms with Gasteiger partial charge in [-0.1, -0.05) is 32.0 Å². The summed E-state index contributed by atoms with van der Waals surface area (Å²) in [5, 5.41) is 12.3. The summed E-state index contributed by atoms with van der Waals surface area (Å²) in [5.74, 6) is -0.822. The Hall–Kier alpha value is -2.04. The number of nitrogens with zero attached hydrogens (tertiary/aromatic N) is 1. The molecule has 5 heteroatoms. The molecule has 2 N–H and O–H groups in total. The number of carboxylic acids is 1. The Morgan fingerprint density at radius 1 is 1.30 bits per heavy atom. The van der Waals surface area contributed by atoms with Crippen molar-refractivity contribution < 1.29 is 14.7 Å². The number of carbonyl (C=O) groups excluding carboxylic acids is 1. The molecule has 2 amide bonds. The number of anilines is 1. The van der Waals surface area contributed by atoms with Crippen molar-refractivity contribution in [2.24, 2.45) is 11.3 Å². The number of aliphatic carboxylic acids is 1. The predicted molar refractivity (Wildman–Crippen MR) is 76.6 cm³/mol. The maximum atomic E-state index is 12.2. The monoisotopic (exact) mass is 276 g/mol. The number of hydrogen-bond acceptors (Lipinski definition) is 2. The first kappa shape index (κ1) is 14.4. The molecule has 1 aliphatic rings. The number of likely N-dealkylation sites (tertiary alicyclic amines) is 1. The standard InChI is InChI=1S/C15H20N2O3/c1-11(2)15(13(18)19)8-9-17(10-15)14(20)16-12-6-4-3-5-7-12/h3-7,11H,8-10H2,1-2H3,(H,16,20)(H,18,19). The molecule has 1 heterocycles. The van der Waals surface area contributed by atoms with E-state index in [1.54, 1.807) is 17.0 Å². The molecular formula is C15H20N2O3. The fourth-order valence-corrected chi connectivity index (χ4v) is 2.62. The van der Waals surface area contributed by atoms with Crippen molar-refractivity contribution in [3.8, 4) is 0 Å². The highest BCUT2D eigenvalue weighted by atomic mass is 16.4. The van der Waals surface area contributed by atoms with E-state index in [2.05, 4.69) is 5.32 Å². The third kappa shape index (κ3) is 2.61. The molecule has 1 aliphatic heterocycles. The van der Waals surface area contributed by atoms with Gasteiger partial charge in [0.2, 0.25) is 0 Å². The van der Waals surface area contributed by atoms with Gasteiger partial charge in [0, 0.05) is 18.8 Å². The van der Waals surface area contributed by atoms with E-state index in [1.165, 1.54) is 0 Å². The Morgan fingerprint density at radius 2 is 1.95 bits per heavy atom. The van der Waals surface area contributed by atoms with Crippen LogP contribution in [0.3, 0.4) is 0 Å². The summed E-state index contributed by atoms with van der Waals surface area (Å²) in [5.41, 5.74) is -0.108. The fourth-order valence-electron chi connectivity index (χ4n) is 2.62.